The van der Waals surface area contributed by atoms with Crippen LogP contribution in [0.1, 0.15) is 37.8 Å². The lowest BCUT2D eigenvalue weighted by Crippen LogP contribution is -2.49. The molecule has 28 heavy (non-hydrogen) atoms. The first-order valence-corrected chi connectivity index (χ1v) is 8.50. The zero-order valence-corrected chi connectivity index (χ0v) is 15.8. The Bertz CT molecular complexity index is 869. The van der Waals surface area contributed by atoms with Crippen LogP contribution < -0.4 is 4.74 Å². The van der Waals surface area contributed by atoms with Gasteiger partial charge in [-0.3, -0.25) is 4.98 Å². The lowest BCUT2D eigenvalue weighted by molar-refractivity contribution is -0.264. The van der Waals surface area contributed by atoms with Gasteiger partial charge in [0.05, 0.1) is 7.11 Å². The van der Waals surface area contributed by atoms with Crippen LogP contribution in [0.15, 0.2) is 42.7 Å². The zero-order chi connectivity index (χ0) is 21.0. The molecule has 0 amide bonds. The van der Waals surface area contributed by atoms with Crippen LogP contribution in [0.2, 0.25) is 0 Å². The van der Waals surface area contributed by atoms with E-state index in [9.17, 15) is 22.7 Å². The molecule has 0 aliphatic rings. The second-order valence-electron chi connectivity index (χ2n) is 7.15. The first-order valence-electron chi connectivity index (χ1n) is 8.50. The predicted molar refractivity (Wildman–Crippen MR) is 97.3 cm³/mol. The maximum absolute atomic E-state index is 13.7. The molecule has 150 valence electrons. The molecule has 0 saturated heterocycles. The van der Waals surface area contributed by atoms with Gasteiger partial charge in [0.15, 0.2) is 5.60 Å². The number of benzene rings is 1. The third kappa shape index (κ3) is 5.02. The lowest BCUT2D eigenvalue weighted by Gasteiger charge is -2.37. The van der Waals surface area contributed by atoms with Crippen LogP contribution in [0.4, 0.5) is 17.6 Å². The number of nitrogens with zero attached hydrogens (tertiary/aromatic N) is 1. The minimum atomic E-state index is -4.92. The fourth-order valence-corrected chi connectivity index (χ4v) is 3.03. The largest absolute Gasteiger partial charge is 0.496 e. The van der Waals surface area contributed by atoms with Crippen molar-refractivity contribution in [2.45, 2.75) is 43.9 Å². The van der Waals surface area contributed by atoms with Crippen LogP contribution in [0.5, 0.6) is 5.75 Å². The second-order valence-corrected chi connectivity index (χ2v) is 7.15. The summed E-state index contributed by atoms with van der Waals surface area (Å²) < 4.78 is 60.0. The van der Waals surface area contributed by atoms with Crippen molar-refractivity contribution in [1.29, 1.82) is 0 Å². The van der Waals surface area contributed by atoms with E-state index in [4.69, 9.17) is 4.74 Å². The number of methoxy groups -OCH3 is 1. The Balaban J connectivity index is 2.36. The summed E-state index contributed by atoms with van der Waals surface area (Å²) in [6.07, 6.45) is -3.51. The molecule has 1 atom stereocenters. The molecule has 0 bridgehead atoms. The summed E-state index contributed by atoms with van der Waals surface area (Å²) >= 11 is 0. The van der Waals surface area contributed by atoms with Gasteiger partial charge in [0.2, 0.25) is 0 Å². The van der Waals surface area contributed by atoms with Crippen molar-refractivity contribution in [2.75, 3.05) is 7.11 Å². The third-order valence-corrected chi connectivity index (χ3v) is 4.45. The van der Waals surface area contributed by atoms with Crippen LogP contribution in [-0.2, 0) is 5.41 Å². The highest BCUT2D eigenvalue weighted by molar-refractivity contribution is 5.40. The topological polar surface area (TPSA) is 42.4 Å². The van der Waals surface area contributed by atoms with Crippen molar-refractivity contribution in [3.63, 3.8) is 0 Å². The SMILES string of the molecule is COc1ccc(F)cc1C(C)(C)CC(O)(CC#Cc1ccncc1)C(F)(F)F. The number of rotatable bonds is 5. The summed E-state index contributed by atoms with van der Waals surface area (Å²) in [4.78, 5) is 3.81. The number of pyridine rings is 1. The highest BCUT2D eigenvalue weighted by Crippen LogP contribution is 2.45. The maximum Gasteiger partial charge on any atom is 0.418 e. The second kappa shape index (κ2) is 8.19. The molecule has 1 unspecified atom stereocenters. The summed E-state index contributed by atoms with van der Waals surface area (Å²) in [7, 11) is 1.35. The summed E-state index contributed by atoms with van der Waals surface area (Å²) in [6.45, 7) is 2.99. The van der Waals surface area contributed by atoms with Gasteiger partial charge in [-0.2, -0.15) is 13.2 Å². The molecular weight excluding hydrogens is 374 g/mol. The lowest BCUT2D eigenvalue weighted by atomic mass is 9.73. The highest BCUT2D eigenvalue weighted by Gasteiger charge is 2.55. The van der Waals surface area contributed by atoms with E-state index in [0.717, 1.165) is 12.1 Å². The van der Waals surface area contributed by atoms with Gasteiger partial charge in [-0.15, -0.1) is 0 Å². The number of aromatic nitrogens is 1. The van der Waals surface area contributed by atoms with Crippen molar-refractivity contribution in [2.24, 2.45) is 0 Å². The molecular formula is C21H21F4NO2. The average molecular weight is 395 g/mol. The van der Waals surface area contributed by atoms with E-state index < -0.39 is 35.9 Å². The van der Waals surface area contributed by atoms with E-state index in [2.05, 4.69) is 16.8 Å². The number of alkyl halides is 3. The number of hydrogen-bond acceptors (Lipinski definition) is 3. The summed E-state index contributed by atoms with van der Waals surface area (Å²) in [5.74, 6) is 4.65. The van der Waals surface area contributed by atoms with Gasteiger partial charge in [0.1, 0.15) is 11.6 Å². The van der Waals surface area contributed by atoms with Crippen molar-refractivity contribution in [3.05, 3.63) is 59.7 Å². The molecule has 1 N–H and O–H groups in total. The van der Waals surface area contributed by atoms with Crippen LogP contribution in [0, 0.1) is 17.7 Å². The van der Waals surface area contributed by atoms with Crippen LogP contribution >= 0.6 is 0 Å². The average Bonchev–Trinajstić information content (AvgIpc) is 2.61. The highest BCUT2D eigenvalue weighted by atomic mass is 19.4. The maximum atomic E-state index is 13.7. The number of aliphatic hydroxyl groups is 1. The van der Waals surface area contributed by atoms with Gasteiger partial charge >= 0.3 is 6.18 Å². The van der Waals surface area contributed by atoms with E-state index in [0.29, 0.717) is 5.56 Å². The van der Waals surface area contributed by atoms with Gasteiger partial charge < -0.3 is 9.84 Å². The molecule has 7 heteroatoms. The zero-order valence-electron chi connectivity index (χ0n) is 15.8. The first-order chi connectivity index (χ1) is 13.0. The molecule has 1 aromatic carbocycles. The monoisotopic (exact) mass is 395 g/mol. The minimum Gasteiger partial charge on any atom is -0.496 e. The van der Waals surface area contributed by atoms with Gasteiger partial charge in [0, 0.05) is 29.9 Å². The molecule has 0 aliphatic heterocycles. The Morgan fingerprint density at radius 3 is 2.32 bits per heavy atom. The van der Waals surface area contributed by atoms with Crippen LogP contribution in [-0.4, -0.2) is 29.0 Å². The smallest absolute Gasteiger partial charge is 0.418 e. The van der Waals surface area contributed by atoms with Gasteiger partial charge in [-0.1, -0.05) is 25.7 Å². The normalized spacial score (nSPS) is 14.0. The van der Waals surface area contributed by atoms with Crippen molar-refractivity contribution < 1.29 is 27.4 Å². The first kappa shape index (κ1) is 21.7. The Kier molecular flexibility index (Phi) is 6.35. The molecule has 2 aromatic rings. The number of ether oxygens (including phenoxy) is 1. The molecule has 3 nitrogen and oxygen atoms in total. The minimum absolute atomic E-state index is 0.236. The molecule has 0 radical (unpaired) electrons. The Hall–Kier alpha value is -2.59. The third-order valence-electron chi connectivity index (χ3n) is 4.45. The van der Waals surface area contributed by atoms with E-state index in [-0.39, 0.29) is 11.3 Å². The van der Waals surface area contributed by atoms with Gasteiger partial charge in [-0.05, 0) is 42.2 Å². The standard InChI is InChI=1S/C21H21F4NO2/c1-19(2,17-13-16(22)6-7-18(17)28-3)14-20(27,21(23,24)25)10-4-5-15-8-11-26-12-9-15/h6-9,11-13,27H,10,14H2,1-3H3. The molecule has 0 fully saturated rings. The summed E-state index contributed by atoms with van der Waals surface area (Å²) in [6, 6.07) is 6.75. The summed E-state index contributed by atoms with van der Waals surface area (Å²) in [5, 5.41) is 10.5. The van der Waals surface area contributed by atoms with Crippen molar-refractivity contribution in [3.8, 4) is 17.6 Å². The van der Waals surface area contributed by atoms with Gasteiger partial charge in [-0.25, -0.2) is 4.39 Å². The molecule has 1 aromatic heterocycles. The van der Waals surface area contributed by atoms with Crippen LogP contribution in [0.3, 0.4) is 0 Å². The molecule has 2 rings (SSSR count). The Labute approximate surface area is 161 Å². The van der Waals surface area contributed by atoms with E-state index >= 15 is 0 Å². The fourth-order valence-electron chi connectivity index (χ4n) is 3.03. The van der Waals surface area contributed by atoms with E-state index in [1.54, 1.807) is 12.1 Å². The van der Waals surface area contributed by atoms with Crippen molar-refractivity contribution in [1.82, 2.24) is 4.98 Å². The quantitative estimate of drug-likeness (QED) is 0.593. The Morgan fingerprint density at radius 2 is 1.75 bits per heavy atom. The number of halogens is 4. The molecule has 0 spiro atoms. The van der Waals surface area contributed by atoms with E-state index in [1.165, 1.54) is 39.4 Å². The van der Waals surface area contributed by atoms with Crippen LogP contribution in [0.25, 0.3) is 0 Å². The molecule has 0 aliphatic carbocycles. The fraction of sp³-hybridized carbons (Fsp3) is 0.381. The predicted octanol–water partition coefficient (Wildman–Crippen LogP) is 4.63. The summed E-state index contributed by atoms with van der Waals surface area (Å²) in [5.41, 5.74) is -3.59. The van der Waals surface area contributed by atoms with Gasteiger partial charge in [0.25, 0.3) is 0 Å². The molecule has 1 heterocycles. The van der Waals surface area contributed by atoms with Crippen molar-refractivity contribution >= 4 is 0 Å². The molecule has 0 saturated carbocycles. The Morgan fingerprint density at radius 1 is 1.11 bits per heavy atom. The number of hydrogen-bond donors (Lipinski definition) is 1. The van der Waals surface area contributed by atoms with E-state index in [1.807, 2.05) is 0 Å².